The summed E-state index contributed by atoms with van der Waals surface area (Å²) in [5.41, 5.74) is 1.21. The minimum absolute atomic E-state index is 0.160. The average molecular weight is 299 g/mol. The summed E-state index contributed by atoms with van der Waals surface area (Å²) >= 11 is 0. The first-order chi connectivity index (χ1) is 9.13. The maximum atomic E-state index is 10.8. The Morgan fingerprint density at radius 1 is 1.45 bits per heavy atom. The van der Waals surface area contributed by atoms with Crippen LogP contribution < -0.4 is 5.32 Å². The molecule has 0 bridgehead atoms. The summed E-state index contributed by atoms with van der Waals surface area (Å²) in [5, 5.41) is 3.56. The van der Waals surface area contributed by atoms with Gasteiger partial charge in [-0.05, 0) is 42.7 Å². The van der Waals surface area contributed by atoms with Gasteiger partial charge in [0.1, 0.15) is 6.61 Å². The van der Waals surface area contributed by atoms with Crippen molar-refractivity contribution in [3.63, 3.8) is 0 Å². The first kappa shape index (κ1) is 17.4. The number of nitrogens with one attached hydrogen (secondary N) is 1. The van der Waals surface area contributed by atoms with Crippen LogP contribution >= 0.6 is 0 Å². The van der Waals surface area contributed by atoms with Crippen LogP contribution in [0.4, 0.5) is 0 Å². The molecule has 4 nitrogen and oxygen atoms in total. The molecular formula is C15H29NO3Si. The van der Waals surface area contributed by atoms with Crippen molar-refractivity contribution in [1.29, 1.82) is 0 Å². The highest BCUT2D eigenvalue weighted by Crippen LogP contribution is 2.38. The SMILES string of the molecule is CC(=O)OC/C=C1\CNCCC1O[Si](C)(C)C(C)(C)C. The van der Waals surface area contributed by atoms with Crippen LogP contribution in [0.25, 0.3) is 0 Å². The van der Waals surface area contributed by atoms with Gasteiger partial charge in [0.25, 0.3) is 0 Å². The molecule has 0 radical (unpaired) electrons. The third kappa shape index (κ3) is 5.03. The van der Waals surface area contributed by atoms with Crippen LogP contribution in [0, 0.1) is 0 Å². The van der Waals surface area contributed by atoms with Crippen molar-refractivity contribution < 1.29 is 14.0 Å². The Morgan fingerprint density at radius 3 is 2.65 bits per heavy atom. The average Bonchev–Trinajstić information content (AvgIpc) is 2.29. The summed E-state index contributed by atoms with van der Waals surface area (Å²) in [7, 11) is -1.77. The minimum atomic E-state index is -1.77. The molecule has 1 heterocycles. The fourth-order valence-electron chi connectivity index (χ4n) is 1.90. The monoisotopic (exact) mass is 299 g/mol. The molecule has 0 amide bonds. The topological polar surface area (TPSA) is 47.6 Å². The second-order valence-electron chi connectivity index (χ2n) is 6.91. The van der Waals surface area contributed by atoms with Gasteiger partial charge in [-0.2, -0.15) is 0 Å². The molecule has 0 aromatic rings. The second kappa shape index (κ2) is 6.87. The maximum Gasteiger partial charge on any atom is 0.302 e. The van der Waals surface area contributed by atoms with E-state index in [1.165, 1.54) is 12.5 Å². The van der Waals surface area contributed by atoms with Crippen LogP contribution in [-0.2, 0) is 14.0 Å². The Morgan fingerprint density at radius 2 is 2.10 bits per heavy atom. The van der Waals surface area contributed by atoms with Gasteiger partial charge in [-0.1, -0.05) is 20.8 Å². The van der Waals surface area contributed by atoms with Gasteiger partial charge in [0.15, 0.2) is 8.32 Å². The summed E-state index contributed by atoms with van der Waals surface area (Å²) in [6.45, 7) is 14.9. The largest absolute Gasteiger partial charge is 0.462 e. The van der Waals surface area contributed by atoms with E-state index in [2.05, 4.69) is 39.2 Å². The van der Waals surface area contributed by atoms with Gasteiger partial charge in [0.2, 0.25) is 0 Å². The Hall–Kier alpha value is -0.653. The molecule has 20 heavy (non-hydrogen) atoms. The normalized spacial score (nSPS) is 22.9. The molecule has 1 atom stereocenters. The lowest BCUT2D eigenvalue weighted by Crippen LogP contribution is -2.47. The van der Waals surface area contributed by atoms with E-state index in [4.69, 9.17) is 9.16 Å². The third-order valence-corrected chi connectivity index (χ3v) is 8.69. The molecule has 0 spiro atoms. The van der Waals surface area contributed by atoms with Crippen LogP contribution in [0.2, 0.25) is 18.1 Å². The van der Waals surface area contributed by atoms with Gasteiger partial charge in [0.05, 0.1) is 6.10 Å². The van der Waals surface area contributed by atoms with E-state index in [0.717, 1.165) is 19.5 Å². The molecule has 0 saturated carbocycles. The van der Waals surface area contributed by atoms with E-state index >= 15 is 0 Å². The Labute approximate surface area is 124 Å². The van der Waals surface area contributed by atoms with Crippen molar-refractivity contribution in [3.8, 4) is 0 Å². The number of hydrogen-bond donors (Lipinski definition) is 1. The van der Waals surface area contributed by atoms with Crippen molar-refractivity contribution in [2.45, 2.75) is 58.4 Å². The van der Waals surface area contributed by atoms with Gasteiger partial charge < -0.3 is 14.5 Å². The lowest BCUT2D eigenvalue weighted by Gasteiger charge is -2.41. The number of ether oxygens (including phenoxy) is 1. The predicted octanol–water partition coefficient (Wildman–Crippen LogP) is 2.86. The van der Waals surface area contributed by atoms with E-state index in [0.29, 0.717) is 6.61 Å². The number of piperidine rings is 1. The van der Waals surface area contributed by atoms with E-state index in [9.17, 15) is 4.79 Å². The number of carbonyl (C=O) groups is 1. The van der Waals surface area contributed by atoms with Crippen molar-refractivity contribution in [3.05, 3.63) is 11.6 Å². The molecule has 1 saturated heterocycles. The van der Waals surface area contributed by atoms with Gasteiger partial charge in [-0.3, -0.25) is 4.79 Å². The quantitative estimate of drug-likeness (QED) is 0.492. The highest BCUT2D eigenvalue weighted by molar-refractivity contribution is 6.74. The minimum Gasteiger partial charge on any atom is -0.462 e. The molecule has 5 heteroatoms. The van der Waals surface area contributed by atoms with Crippen molar-refractivity contribution in [1.82, 2.24) is 5.32 Å². The highest BCUT2D eigenvalue weighted by atomic mass is 28.4. The number of esters is 1. The van der Waals surface area contributed by atoms with Crippen molar-refractivity contribution >= 4 is 14.3 Å². The smallest absolute Gasteiger partial charge is 0.302 e. The number of carbonyl (C=O) groups excluding carboxylic acids is 1. The molecule has 1 rings (SSSR count). The second-order valence-corrected chi connectivity index (χ2v) is 11.7. The summed E-state index contributed by atoms with van der Waals surface area (Å²) in [5.74, 6) is -0.243. The zero-order valence-electron chi connectivity index (χ0n) is 13.7. The summed E-state index contributed by atoms with van der Waals surface area (Å²) < 4.78 is 11.5. The summed E-state index contributed by atoms with van der Waals surface area (Å²) in [4.78, 5) is 10.8. The molecule has 1 N–H and O–H groups in total. The lowest BCUT2D eigenvalue weighted by atomic mass is 10.0. The third-order valence-electron chi connectivity index (χ3n) is 4.20. The Balaban J connectivity index is 2.72. The predicted molar refractivity (Wildman–Crippen MR) is 84.3 cm³/mol. The fraction of sp³-hybridized carbons (Fsp3) is 0.800. The first-order valence-electron chi connectivity index (χ1n) is 7.34. The van der Waals surface area contributed by atoms with Crippen LogP contribution in [0.5, 0.6) is 0 Å². The molecule has 0 aromatic carbocycles. The van der Waals surface area contributed by atoms with Gasteiger partial charge >= 0.3 is 5.97 Å². The van der Waals surface area contributed by atoms with Gasteiger partial charge in [-0.15, -0.1) is 0 Å². The molecule has 0 aliphatic carbocycles. The lowest BCUT2D eigenvalue weighted by molar-refractivity contribution is -0.139. The van der Waals surface area contributed by atoms with Crippen LogP contribution in [0.3, 0.4) is 0 Å². The van der Waals surface area contributed by atoms with E-state index in [-0.39, 0.29) is 17.1 Å². The van der Waals surface area contributed by atoms with E-state index in [1.54, 1.807) is 0 Å². The molecule has 1 fully saturated rings. The zero-order valence-corrected chi connectivity index (χ0v) is 14.7. The van der Waals surface area contributed by atoms with Crippen molar-refractivity contribution in [2.24, 2.45) is 0 Å². The van der Waals surface area contributed by atoms with Crippen LogP contribution in [-0.4, -0.2) is 40.1 Å². The molecule has 1 aliphatic heterocycles. The first-order valence-corrected chi connectivity index (χ1v) is 10.2. The van der Waals surface area contributed by atoms with Gasteiger partial charge in [0, 0.05) is 13.5 Å². The maximum absolute atomic E-state index is 10.8. The summed E-state index contributed by atoms with van der Waals surface area (Å²) in [6.07, 6.45) is 3.14. The number of hydrogen-bond acceptors (Lipinski definition) is 4. The Bertz CT molecular complexity index is 372. The standard InChI is InChI=1S/C15H29NO3Si/c1-12(17)18-10-8-13-11-16-9-7-14(13)19-20(5,6)15(2,3)4/h8,14,16H,7,9-11H2,1-6H3/b13-8+. The van der Waals surface area contributed by atoms with E-state index < -0.39 is 8.32 Å². The number of rotatable bonds is 4. The van der Waals surface area contributed by atoms with E-state index in [1.807, 2.05) is 6.08 Å². The highest BCUT2D eigenvalue weighted by Gasteiger charge is 2.40. The molecule has 1 aliphatic rings. The van der Waals surface area contributed by atoms with Crippen LogP contribution in [0.15, 0.2) is 11.6 Å². The van der Waals surface area contributed by atoms with Crippen LogP contribution in [0.1, 0.15) is 34.1 Å². The molecule has 116 valence electrons. The molecule has 0 aromatic heterocycles. The summed E-state index contributed by atoms with van der Waals surface area (Å²) in [6, 6.07) is 0. The van der Waals surface area contributed by atoms with Crippen molar-refractivity contribution in [2.75, 3.05) is 19.7 Å². The van der Waals surface area contributed by atoms with Gasteiger partial charge in [-0.25, -0.2) is 0 Å². The Kier molecular flexibility index (Phi) is 5.98. The fourth-order valence-corrected chi connectivity index (χ4v) is 3.24. The molecular weight excluding hydrogens is 270 g/mol. The zero-order chi connectivity index (χ0) is 15.4. The molecule has 1 unspecified atom stereocenters.